The number of nitro groups is 1. The molecule has 0 aliphatic rings. The van der Waals surface area contributed by atoms with Crippen molar-refractivity contribution in [3.8, 4) is 0 Å². The molecular formula is C15H13N5O3. The molecule has 1 aromatic carbocycles. The smallest absolute Gasteiger partial charge is 0.280 e. The summed E-state index contributed by atoms with van der Waals surface area (Å²) in [5.74, 6) is -1.11. The van der Waals surface area contributed by atoms with E-state index in [1.807, 2.05) is 0 Å². The third-order valence-corrected chi connectivity index (χ3v) is 2.87. The number of amides is 1. The summed E-state index contributed by atoms with van der Waals surface area (Å²) in [5, 5.41) is 11.1. The maximum atomic E-state index is 12.2. The van der Waals surface area contributed by atoms with Crippen LogP contribution in [0.1, 0.15) is 11.1 Å². The van der Waals surface area contributed by atoms with E-state index in [-0.39, 0.29) is 16.8 Å². The van der Waals surface area contributed by atoms with Crippen LogP contribution in [0.15, 0.2) is 53.8 Å². The predicted molar refractivity (Wildman–Crippen MR) is 86.0 cm³/mol. The van der Waals surface area contributed by atoms with Crippen molar-refractivity contribution in [1.82, 2.24) is 4.98 Å². The van der Waals surface area contributed by atoms with E-state index in [1.165, 1.54) is 36.7 Å². The molecule has 0 aliphatic heterocycles. The first kappa shape index (κ1) is 15.8. The van der Waals surface area contributed by atoms with Crippen molar-refractivity contribution in [3.63, 3.8) is 0 Å². The molecule has 0 saturated heterocycles. The Hall–Kier alpha value is -3.55. The quantitative estimate of drug-likeness (QED) is 0.287. The lowest BCUT2D eigenvalue weighted by molar-refractivity contribution is -0.385. The van der Waals surface area contributed by atoms with E-state index < -0.39 is 16.8 Å². The maximum absolute atomic E-state index is 12.2. The molecule has 1 heterocycles. The fraction of sp³-hybridized carbons (Fsp3) is 0. The number of hydrogen-bond acceptors (Lipinski definition) is 4. The predicted octanol–water partition coefficient (Wildman–Crippen LogP) is 1.33. The van der Waals surface area contributed by atoms with Crippen molar-refractivity contribution in [2.24, 2.45) is 16.5 Å². The van der Waals surface area contributed by atoms with E-state index in [0.717, 1.165) is 0 Å². The van der Waals surface area contributed by atoms with Crippen LogP contribution in [0, 0.1) is 10.1 Å². The number of carbonyl (C=O) groups excluding carboxylic acids is 1. The minimum absolute atomic E-state index is 0.0980. The molecule has 23 heavy (non-hydrogen) atoms. The van der Waals surface area contributed by atoms with Gasteiger partial charge in [0, 0.05) is 24.0 Å². The van der Waals surface area contributed by atoms with Gasteiger partial charge >= 0.3 is 0 Å². The molecule has 0 bridgehead atoms. The number of nitrogens with zero attached hydrogens (tertiary/aromatic N) is 3. The molecule has 0 radical (unpaired) electrons. The number of guanidine groups is 1. The number of pyridine rings is 1. The Labute approximate surface area is 131 Å². The zero-order chi connectivity index (χ0) is 16.8. The molecule has 0 fully saturated rings. The first-order valence-electron chi connectivity index (χ1n) is 6.48. The van der Waals surface area contributed by atoms with Crippen LogP contribution in [-0.4, -0.2) is 21.8 Å². The largest absolute Gasteiger partial charge is 0.370 e. The van der Waals surface area contributed by atoms with E-state index in [4.69, 9.17) is 11.5 Å². The summed E-state index contributed by atoms with van der Waals surface area (Å²) in [6.07, 6.45) is 4.35. The molecule has 2 rings (SSSR count). The van der Waals surface area contributed by atoms with E-state index in [2.05, 4.69) is 9.98 Å². The van der Waals surface area contributed by atoms with Gasteiger partial charge in [0.25, 0.3) is 11.6 Å². The fourth-order valence-corrected chi connectivity index (χ4v) is 1.90. The maximum Gasteiger partial charge on any atom is 0.280 e. The van der Waals surface area contributed by atoms with E-state index >= 15 is 0 Å². The van der Waals surface area contributed by atoms with Crippen LogP contribution in [-0.2, 0) is 4.79 Å². The van der Waals surface area contributed by atoms with Gasteiger partial charge in [-0.15, -0.1) is 0 Å². The highest BCUT2D eigenvalue weighted by Crippen LogP contribution is 2.25. The van der Waals surface area contributed by atoms with Crippen molar-refractivity contribution < 1.29 is 9.72 Å². The van der Waals surface area contributed by atoms with Crippen LogP contribution < -0.4 is 11.5 Å². The summed E-state index contributed by atoms with van der Waals surface area (Å²) in [6, 6.07) is 9.30. The van der Waals surface area contributed by atoms with Crippen molar-refractivity contribution in [2.45, 2.75) is 0 Å². The van der Waals surface area contributed by atoms with Crippen LogP contribution in [0.4, 0.5) is 5.69 Å². The monoisotopic (exact) mass is 311 g/mol. The third kappa shape index (κ3) is 3.97. The molecule has 0 unspecified atom stereocenters. The molecule has 0 spiro atoms. The lowest BCUT2D eigenvalue weighted by Gasteiger charge is -2.04. The number of hydrogen-bond donors (Lipinski definition) is 2. The highest BCUT2D eigenvalue weighted by molar-refractivity contribution is 6.26. The Balaban J connectivity index is 2.61. The number of aromatic nitrogens is 1. The molecular weight excluding hydrogens is 298 g/mol. The van der Waals surface area contributed by atoms with Gasteiger partial charge in [0.05, 0.1) is 16.1 Å². The minimum atomic E-state index is -0.712. The Morgan fingerprint density at radius 3 is 2.57 bits per heavy atom. The standard InChI is InChI=1S/C15H13N5O3/c16-15(17)19-14(21)12(11-5-3-7-18-9-11)8-10-4-1-2-6-13(10)20(22)23/h1-9H,(H4,16,17,19,21)/b12-8+. The second kappa shape index (κ2) is 6.94. The summed E-state index contributed by atoms with van der Waals surface area (Å²) in [5.41, 5.74) is 11.1. The van der Waals surface area contributed by atoms with Crippen molar-refractivity contribution in [1.29, 1.82) is 0 Å². The zero-order valence-corrected chi connectivity index (χ0v) is 11.9. The van der Waals surface area contributed by atoms with Crippen molar-refractivity contribution >= 4 is 29.2 Å². The first-order valence-corrected chi connectivity index (χ1v) is 6.48. The number of nitrogens with two attached hydrogens (primary N) is 2. The number of nitro benzene ring substituents is 1. The average Bonchev–Trinajstić information content (AvgIpc) is 2.53. The van der Waals surface area contributed by atoms with Gasteiger partial charge in [-0.1, -0.05) is 18.2 Å². The normalized spacial score (nSPS) is 10.9. The van der Waals surface area contributed by atoms with E-state index in [9.17, 15) is 14.9 Å². The Bertz CT molecular complexity index is 796. The summed E-state index contributed by atoms with van der Waals surface area (Å²) in [7, 11) is 0. The molecule has 8 heteroatoms. The summed E-state index contributed by atoms with van der Waals surface area (Å²) in [6.45, 7) is 0. The van der Waals surface area contributed by atoms with Crippen LogP contribution >= 0.6 is 0 Å². The third-order valence-electron chi connectivity index (χ3n) is 2.87. The Morgan fingerprint density at radius 1 is 1.22 bits per heavy atom. The molecule has 0 saturated carbocycles. The number of rotatable bonds is 4. The van der Waals surface area contributed by atoms with E-state index in [1.54, 1.807) is 18.2 Å². The second-order valence-electron chi connectivity index (χ2n) is 4.46. The topological polar surface area (TPSA) is 138 Å². The van der Waals surface area contributed by atoms with Gasteiger partial charge in [-0.05, 0) is 18.2 Å². The van der Waals surface area contributed by atoms with Gasteiger partial charge < -0.3 is 11.5 Å². The zero-order valence-electron chi connectivity index (χ0n) is 11.9. The molecule has 2 aromatic rings. The van der Waals surface area contributed by atoms with Crippen LogP contribution in [0.2, 0.25) is 0 Å². The molecule has 4 N–H and O–H groups in total. The number of benzene rings is 1. The lowest BCUT2D eigenvalue weighted by Crippen LogP contribution is -2.24. The molecule has 1 aromatic heterocycles. The summed E-state index contributed by atoms with van der Waals surface area (Å²) >= 11 is 0. The van der Waals surface area contributed by atoms with Gasteiger partial charge in [-0.3, -0.25) is 19.9 Å². The summed E-state index contributed by atoms with van der Waals surface area (Å²) < 4.78 is 0. The second-order valence-corrected chi connectivity index (χ2v) is 4.46. The highest BCUT2D eigenvalue weighted by Gasteiger charge is 2.16. The summed E-state index contributed by atoms with van der Waals surface area (Å²) in [4.78, 5) is 30.2. The van der Waals surface area contributed by atoms with Crippen LogP contribution in [0.3, 0.4) is 0 Å². The SMILES string of the molecule is NC(N)=NC(=O)/C(=C/c1ccccc1[N+](=O)[O-])c1cccnc1. The average molecular weight is 311 g/mol. The number of aliphatic imine (C=N–C) groups is 1. The minimum Gasteiger partial charge on any atom is -0.370 e. The van der Waals surface area contributed by atoms with E-state index in [0.29, 0.717) is 5.56 Å². The van der Waals surface area contributed by atoms with Crippen LogP contribution in [0.5, 0.6) is 0 Å². The van der Waals surface area contributed by atoms with Gasteiger partial charge in [0.15, 0.2) is 5.96 Å². The fourth-order valence-electron chi connectivity index (χ4n) is 1.90. The Morgan fingerprint density at radius 2 is 1.96 bits per heavy atom. The van der Waals surface area contributed by atoms with Gasteiger partial charge in [-0.2, -0.15) is 4.99 Å². The van der Waals surface area contributed by atoms with Gasteiger partial charge in [0.2, 0.25) is 0 Å². The van der Waals surface area contributed by atoms with Crippen molar-refractivity contribution in [3.05, 3.63) is 70.0 Å². The first-order chi connectivity index (χ1) is 11.0. The van der Waals surface area contributed by atoms with Crippen LogP contribution in [0.25, 0.3) is 11.6 Å². The number of carbonyl (C=O) groups is 1. The molecule has 0 atom stereocenters. The lowest BCUT2D eigenvalue weighted by atomic mass is 10.0. The molecule has 1 amide bonds. The Kier molecular flexibility index (Phi) is 4.78. The molecule has 116 valence electrons. The van der Waals surface area contributed by atoms with Gasteiger partial charge in [-0.25, -0.2) is 0 Å². The van der Waals surface area contributed by atoms with Crippen molar-refractivity contribution in [2.75, 3.05) is 0 Å². The number of para-hydroxylation sites is 1. The highest BCUT2D eigenvalue weighted by atomic mass is 16.6. The molecule has 0 aliphatic carbocycles. The van der Waals surface area contributed by atoms with Gasteiger partial charge in [0.1, 0.15) is 0 Å². The molecule has 8 nitrogen and oxygen atoms in total.